The van der Waals surface area contributed by atoms with Crippen molar-refractivity contribution in [1.82, 2.24) is 0 Å². The first-order valence-electron chi connectivity index (χ1n) is 3.87. The van der Waals surface area contributed by atoms with Crippen LogP contribution in [0.5, 0.6) is 0 Å². The lowest BCUT2D eigenvalue weighted by atomic mass is 10.1. The predicted octanol–water partition coefficient (Wildman–Crippen LogP) is 3.38. The summed E-state index contributed by atoms with van der Waals surface area (Å²) in [7, 11) is 0. The summed E-state index contributed by atoms with van der Waals surface area (Å²) < 4.78 is 5.13. The second-order valence-corrected chi connectivity index (χ2v) is 4.41. The number of allylic oxidation sites excluding steroid dienone is 2. The standard InChI is InChI=1S/C9H5Cl3O2/c10-7-5(13)4-9(12,8(7)11)6-2-1-3-14-6/h1-3H,4H2. The molecule has 1 heterocycles. The maximum Gasteiger partial charge on any atom is 0.178 e. The highest BCUT2D eigenvalue weighted by molar-refractivity contribution is 6.54. The zero-order valence-electron chi connectivity index (χ0n) is 6.89. The first kappa shape index (κ1) is 10.1. The number of Topliss-reactive ketones (excluding diaryl/α,β-unsaturated/α-hetero) is 1. The number of hydrogen-bond donors (Lipinski definition) is 0. The van der Waals surface area contributed by atoms with Crippen molar-refractivity contribution >= 4 is 40.6 Å². The first-order valence-corrected chi connectivity index (χ1v) is 5.01. The van der Waals surface area contributed by atoms with Gasteiger partial charge in [-0.3, -0.25) is 4.79 Å². The Labute approximate surface area is 95.4 Å². The molecule has 0 amide bonds. The largest absolute Gasteiger partial charge is 0.467 e. The number of furan rings is 1. The second kappa shape index (κ2) is 3.30. The van der Waals surface area contributed by atoms with E-state index in [4.69, 9.17) is 39.2 Å². The smallest absolute Gasteiger partial charge is 0.178 e. The second-order valence-electron chi connectivity index (χ2n) is 3.01. The van der Waals surface area contributed by atoms with E-state index in [1.807, 2.05) is 0 Å². The summed E-state index contributed by atoms with van der Waals surface area (Å²) in [5, 5.41) is 0.138. The molecule has 14 heavy (non-hydrogen) atoms. The molecule has 1 aromatic rings. The lowest BCUT2D eigenvalue weighted by Gasteiger charge is -2.17. The Morgan fingerprint density at radius 1 is 1.43 bits per heavy atom. The van der Waals surface area contributed by atoms with E-state index in [1.54, 1.807) is 12.1 Å². The van der Waals surface area contributed by atoms with Gasteiger partial charge in [0.05, 0.1) is 11.3 Å². The molecule has 1 unspecified atom stereocenters. The molecule has 1 atom stereocenters. The minimum absolute atomic E-state index is 0.00179. The third-order valence-electron chi connectivity index (χ3n) is 2.10. The molecular weight excluding hydrogens is 246 g/mol. The zero-order valence-corrected chi connectivity index (χ0v) is 9.16. The summed E-state index contributed by atoms with van der Waals surface area (Å²) in [6, 6.07) is 3.35. The molecule has 1 aliphatic rings. The van der Waals surface area contributed by atoms with Crippen molar-refractivity contribution in [3.05, 3.63) is 34.2 Å². The van der Waals surface area contributed by atoms with E-state index in [2.05, 4.69) is 0 Å². The molecule has 0 saturated heterocycles. The summed E-state index contributed by atoms with van der Waals surface area (Å²) in [4.78, 5) is 10.2. The number of ketones is 1. The SMILES string of the molecule is O=C1CC(Cl)(c2ccco2)C(Cl)=C1Cl. The molecule has 0 aromatic carbocycles. The molecule has 0 radical (unpaired) electrons. The van der Waals surface area contributed by atoms with Gasteiger partial charge < -0.3 is 4.42 Å². The summed E-state index contributed by atoms with van der Waals surface area (Å²) in [5.41, 5.74) is 0. The third kappa shape index (κ3) is 1.29. The minimum atomic E-state index is -1.11. The Hall–Kier alpha value is -0.440. The average Bonchev–Trinajstić information content (AvgIpc) is 2.73. The van der Waals surface area contributed by atoms with Crippen LogP contribution in [-0.4, -0.2) is 5.78 Å². The molecule has 0 fully saturated rings. The number of hydrogen-bond acceptors (Lipinski definition) is 2. The van der Waals surface area contributed by atoms with Gasteiger partial charge in [0.15, 0.2) is 5.78 Å². The van der Waals surface area contributed by atoms with Gasteiger partial charge in [0.2, 0.25) is 0 Å². The Kier molecular flexibility index (Phi) is 2.38. The molecular formula is C9H5Cl3O2. The predicted molar refractivity (Wildman–Crippen MR) is 54.6 cm³/mol. The van der Waals surface area contributed by atoms with Crippen LogP contribution in [0.1, 0.15) is 12.2 Å². The van der Waals surface area contributed by atoms with Crippen molar-refractivity contribution in [2.24, 2.45) is 0 Å². The van der Waals surface area contributed by atoms with Crippen LogP contribution in [0.15, 0.2) is 32.9 Å². The van der Waals surface area contributed by atoms with Gasteiger partial charge in [-0.2, -0.15) is 0 Å². The van der Waals surface area contributed by atoms with Crippen LogP contribution in [0.2, 0.25) is 0 Å². The molecule has 0 N–H and O–H groups in total. The molecule has 1 aromatic heterocycles. The van der Waals surface area contributed by atoms with Gasteiger partial charge in [-0.1, -0.05) is 23.2 Å². The van der Waals surface area contributed by atoms with Crippen LogP contribution < -0.4 is 0 Å². The van der Waals surface area contributed by atoms with Crippen molar-refractivity contribution in [1.29, 1.82) is 0 Å². The van der Waals surface area contributed by atoms with Gasteiger partial charge in [-0.15, -0.1) is 11.6 Å². The summed E-state index contributed by atoms with van der Waals surface area (Å²) in [6.07, 6.45) is 1.51. The summed E-state index contributed by atoms with van der Waals surface area (Å²) >= 11 is 17.8. The van der Waals surface area contributed by atoms with Gasteiger partial charge in [0, 0.05) is 6.42 Å². The normalized spacial score (nSPS) is 27.5. The van der Waals surface area contributed by atoms with Crippen LogP contribution in [0, 0.1) is 0 Å². The van der Waals surface area contributed by atoms with E-state index in [1.165, 1.54) is 6.26 Å². The van der Waals surface area contributed by atoms with Crippen molar-refractivity contribution < 1.29 is 9.21 Å². The quantitative estimate of drug-likeness (QED) is 0.716. The average molecular weight is 251 g/mol. The van der Waals surface area contributed by atoms with E-state index >= 15 is 0 Å². The highest BCUT2D eigenvalue weighted by Crippen LogP contribution is 2.49. The van der Waals surface area contributed by atoms with Crippen LogP contribution >= 0.6 is 34.8 Å². The highest BCUT2D eigenvalue weighted by Gasteiger charge is 2.46. The van der Waals surface area contributed by atoms with Gasteiger partial charge >= 0.3 is 0 Å². The number of carbonyl (C=O) groups excluding carboxylic acids is 1. The molecule has 0 bridgehead atoms. The zero-order chi connectivity index (χ0) is 10.3. The molecule has 2 nitrogen and oxygen atoms in total. The third-order valence-corrected chi connectivity index (χ3v) is 3.72. The molecule has 74 valence electrons. The maximum atomic E-state index is 11.3. The number of alkyl halides is 1. The highest BCUT2D eigenvalue weighted by atomic mass is 35.5. The Balaban J connectivity index is 2.51. The van der Waals surface area contributed by atoms with Gasteiger partial charge in [-0.05, 0) is 12.1 Å². The van der Waals surface area contributed by atoms with Crippen molar-refractivity contribution in [2.75, 3.05) is 0 Å². The molecule has 1 aliphatic carbocycles. The van der Waals surface area contributed by atoms with Crippen molar-refractivity contribution in [3.63, 3.8) is 0 Å². The van der Waals surface area contributed by atoms with E-state index in [0.717, 1.165) is 0 Å². The van der Waals surface area contributed by atoms with Crippen molar-refractivity contribution in [3.8, 4) is 0 Å². The minimum Gasteiger partial charge on any atom is -0.467 e. The van der Waals surface area contributed by atoms with Crippen molar-refractivity contribution in [2.45, 2.75) is 11.3 Å². The molecule has 0 saturated carbocycles. The lowest BCUT2D eigenvalue weighted by Crippen LogP contribution is -2.15. The van der Waals surface area contributed by atoms with Crippen LogP contribution in [0.25, 0.3) is 0 Å². The van der Waals surface area contributed by atoms with E-state index < -0.39 is 4.87 Å². The maximum absolute atomic E-state index is 11.3. The van der Waals surface area contributed by atoms with Crippen LogP contribution in [0.3, 0.4) is 0 Å². The molecule has 0 spiro atoms. The lowest BCUT2D eigenvalue weighted by molar-refractivity contribution is -0.114. The number of rotatable bonds is 1. The fourth-order valence-corrected chi connectivity index (χ4v) is 2.24. The van der Waals surface area contributed by atoms with E-state index in [9.17, 15) is 4.79 Å². The molecule has 0 aliphatic heterocycles. The van der Waals surface area contributed by atoms with Gasteiger partial charge in [0.25, 0.3) is 0 Å². The van der Waals surface area contributed by atoms with Crippen LogP contribution in [0.4, 0.5) is 0 Å². The number of halogens is 3. The molecule has 5 heteroatoms. The van der Waals surface area contributed by atoms with E-state index in [-0.39, 0.29) is 22.3 Å². The summed E-state index contributed by atoms with van der Waals surface area (Å²) in [5.74, 6) is 0.177. The Bertz CT molecular complexity index is 408. The fourth-order valence-electron chi connectivity index (χ4n) is 1.37. The summed E-state index contributed by atoms with van der Waals surface area (Å²) in [6.45, 7) is 0. The van der Waals surface area contributed by atoms with Crippen LogP contribution in [-0.2, 0) is 9.67 Å². The number of carbonyl (C=O) groups is 1. The Morgan fingerprint density at radius 3 is 2.57 bits per heavy atom. The Morgan fingerprint density at radius 2 is 2.14 bits per heavy atom. The first-order chi connectivity index (χ1) is 6.55. The molecule has 2 rings (SSSR count). The van der Waals surface area contributed by atoms with Gasteiger partial charge in [0.1, 0.15) is 15.7 Å². The van der Waals surface area contributed by atoms with E-state index in [0.29, 0.717) is 5.76 Å². The monoisotopic (exact) mass is 250 g/mol. The van der Waals surface area contributed by atoms with Gasteiger partial charge in [-0.25, -0.2) is 0 Å². The fraction of sp³-hybridized carbons (Fsp3) is 0.222. The topological polar surface area (TPSA) is 30.2 Å².